The highest BCUT2D eigenvalue weighted by Crippen LogP contribution is 2.39. The summed E-state index contributed by atoms with van der Waals surface area (Å²) in [5, 5.41) is 0.959. The lowest BCUT2D eigenvalue weighted by molar-refractivity contribution is -0.0494. The van der Waals surface area contributed by atoms with E-state index in [2.05, 4.69) is 11.7 Å². The molecule has 0 aliphatic carbocycles. The molecule has 0 radical (unpaired) electrons. The van der Waals surface area contributed by atoms with Crippen LogP contribution < -0.4 is 4.74 Å². The quantitative estimate of drug-likeness (QED) is 0.473. The second kappa shape index (κ2) is 7.81. The molecule has 0 unspecified atom stereocenters. The van der Waals surface area contributed by atoms with Crippen LogP contribution in [0.4, 0.5) is 13.2 Å². The summed E-state index contributed by atoms with van der Waals surface area (Å²) in [7, 11) is 0. The Morgan fingerprint density at radius 3 is 2.23 bits per heavy atom. The lowest BCUT2D eigenvalue weighted by atomic mass is 9.96. The van der Waals surface area contributed by atoms with E-state index < -0.39 is 12.4 Å². The van der Waals surface area contributed by atoms with Crippen LogP contribution in [-0.2, 0) is 12.8 Å². The van der Waals surface area contributed by atoms with Crippen molar-refractivity contribution in [2.45, 2.75) is 39.7 Å². The molecule has 3 rings (SSSR count). The van der Waals surface area contributed by atoms with Crippen molar-refractivity contribution in [2.24, 2.45) is 0 Å². The van der Waals surface area contributed by atoms with E-state index in [9.17, 15) is 8.78 Å². The number of hydrogen-bond acceptors (Lipinski definition) is 1. The standard InChI is InChI=1S/C22H21F3O/c1-3-5-15-6-9-16(10-7-15)20-19(26-22(24)25)13-17-12-14(4-2)8-11-18(17)21(20)23/h6-13,22H,3-5H2,1-2H3. The summed E-state index contributed by atoms with van der Waals surface area (Å²) in [6.45, 7) is 1.05. The molecule has 0 saturated carbocycles. The van der Waals surface area contributed by atoms with E-state index in [1.165, 1.54) is 6.07 Å². The number of benzene rings is 3. The Kier molecular flexibility index (Phi) is 5.50. The van der Waals surface area contributed by atoms with Crippen LogP contribution in [0.3, 0.4) is 0 Å². The fourth-order valence-electron chi connectivity index (χ4n) is 3.19. The Bertz CT molecular complexity index is 901. The van der Waals surface area contributed by atoms with Crippen LogP contribution in [0.15, 0.2) is 48.5 Å². The zero-order chi connectivity index (χ0) is 18.7. The van der Waals surface area contributed by atoms with Crippen molar-refractivity contribution in [2.75, 3.05) is 0 Å². The van der Waals surface area contributed by atoms with Gasteiger partial charge in [-0.1, -0.05) is 62.7 Å². The molecule has 1 nitrogen and oxygen atoms in total. The van der Waals surface area contributed by atoms with E-state index in [0.29, 0.717) is 16.3 Å². The summed E-state index contributed by atoms with van der Waals surface area (Å²) in [4.78, 5) is 0. The molecule has 0 aliphatic rings. The zero-order valence-electron chi connectivity index (χ0n) is 14.9. The molecule has 0 heterocycles. The Hall–Kier alpha value is -2.49. The smallest absolute Gasteiger partial charge is 0.387 e. The molecule has 0 atom stereocenters. The van der Waals surface area contributed by atoms with Gasteiger partial charge in [0.05, 0.1) is 5.56 Å². The average Bonchev–Trinajstić information content (AvgIpc) is 2.62. The molecule has 0 saturated heterocycles. The molecule has 136 valence electrons. The van der Waals surface area contributed by atoms with Crippen molar-refractivity contribution in [1.82, 2.24) is 0 Å². The topological polar surface area (TPSA) is 9.23 Å². The molecule has 3 aromatic rings. The van der Waals surface area contributed by atoms with Crippen molar-refractivity contribution < 1.29 is 17.9 Å². The van der Waals surface area contributed by atoms with Gasteiger partial charge >= 0.3 is 6.61 Å². The maximum atomic E-state index is 15.2. The van der Waals surface area contributed by atoms with Gasteiger partial charge < -0.3 is 4.74 Å². The van der Waals surface area contributed by atoms with Gasteiger partial charge in [0.1, 0.15) is 11.6 Å². The number of rotatable bonds is 6. The van der Waals surface area contributed by atoms with Crippen LogP contribution >= 0.6 is 0 Å². The van der Waals surface area contributed by atoms with Gasteiger partial charge in [0, 0.05) is 5.39 Å². The van der Waals surface area contributed by atoms with Crippen molar-refractivity contribution in [3.8, 4) is 16.9 Å². The normalized spacial score (nSPS) is 11.3. The average molecular weight is 358 g/mol. The Morgan fingerprint density at radius 1 is 0.923 bits per heavy atom. The first-order chi connectivity index (χ1) is 12.5. The molecule has 3 aromatic carbocycles. The lowest BCUT2D eigenvalue weighted by Crippen LogP contribution is -2.05. The van der Waals surface area contributed by atoms with Gasteiger partial charge in [-0.3, -0.25) is 0 Å². The Labute approximate surface area is 151 Å². The molecule has 0 aromatic heterocycles. The SMILES string of the molecule is CCCc1ccc(-c2c(OC(F)F)cc3cc(CC)ccc3c2F)cc1. The third-order valence-electron chi connectivity index (χ3n) is 4.51. The zero-order valence-corrected chi connectivity index (χ0v) is 14.9. The molecular formula is C22H21F3O. The second-order valence-electron chi connectivity index (χ2n) is 6.30. The van der Waals surface area contributed by atoms with E-state index in [1.807, 2.05) is 31.2 Å². The van der Waals surface area contributed by atoms with Crippen LogP contribution in [0.1, 0.15) is 31.4 Å². The fraction of sp³-hybridized carbons (Fsp3) is 0.273. The summed E-state index contributed by atoms with van der Waals surface area (Å²) < 4.78 is 45.7. The predicted octanol–water partition coefficient (Wildman–Crippen LogP) is 6.76. The van der Waals surface area contributed by atoms with Crippen LogP contribution in [0.2, 0.25) is 0 Å². The number of halogens is 3. The van der Waals surface area contributed by atoms with Gasteiger partial charge in [0.15, 0.2) is 0 Å². The molecule has 0 spiro atoms. The Balaban J connectivity index is 2.19. The minimum atomic E-state index is -3.01. The van der Waals surface area contributed by atoms with Crippen LogP contribution in [-0.4, -0.2) is 6.61 Å². The van der Waals surface area contributed by atoms with Crippen molar-refractivity contribution in [1.29, 1.82) is 0 Å². The summed E-state index contributed by atoms with van der Waals surface area (Å²) in [5.74, 6) is -0.675. The molecule has 0 fully saturated rings. The molecule has 4 heteroatoms. The van der Waals surface area contributed by atoms with Gasteiger partial charge in [-0.2, -0.15) is 8.78 Å². The van der Waals surface area contributed by atoms with Gasteiger partial charge in [0.25, 0.3) is 0 Å². The number of ether oxygens (including phenoxy) is 1. The molecule has 0 bridgehead atoms. The fourth-order valence-corrected chi connectivity index (χ4v) is 3.19. The number of hydrogen-bond donors (Lipinski definition) is 0. The second-order valence-corrected chi connectivity index (χ2v) is 6.30. The monoisotopic (exact) mass is 358 g/mol. The largest absolute Gasteiger partial charge is 0.434 e. The predicted molar refractivity (Wildman–Crippen MR) is 99.3 cm³/mol. The number of fused-ring (bicyclic) bond motifs is 1. The summed E-state index contributed by atoms with van der Waals surface area (Å²) in [6.07, 6.45) is 2.70. The van der Waals surface area contributed by atoms with E-state index in [1.54, 1.807) is 18.2 Å². The van der Waals surface area contributed by atoms with Gasteiger partial charge in [-0.05, 0) is 41.0 Å². The maximum Gasteiger partial charge on any atom is 0.387 e. The Morgan fingerprint density at radius 2 is 1.62 bits per heavy atom. The summed E-state index contributed by atoms with van der Waals surface area (Å²) in [5.41, 5.74) is 2.74. The number of aryl methyl sites for hydroxylation is 2. The van der Waals surface area contributed by atoms with E-state index >= 15 is 4.39 Å². The van der Waals surface area contributed by atoms with E-state index in [4.69, 9.17) is 0 Å². The van der Waals surface area contributed by atoms with E-state index in [0.717, 1.165) is 30.4 Å². The minimum Gasteiger partial charge on any atom is -0.434 e. The summed E-state index contributed by atoms with van der Waals surface area (Å²) >= 11 is 0. The first kappa shape index (κ1) is 18.3. The lowest BCUT2D eigenvalue weighted by Gasteiger charge is -2.15. The van der Waals surface area contributed by atoms with Gasteiger partial charge in [-0.15, -0.1) is 0 Å². The first-order valence-corrected chi connectivity index (χ1v) is 8.82. The highest BCUT2D eigenvalue weighted by molar-refractivity contribution is 5.92. The molecule has 0 N–H and O–H groups in total. The van der Waals surface area contributed by atoms with Crippen molar-refractivity contribution in [3.05, 3.63) is 65.5 Å². The van der Waals surface area contributed by atoms with Crippen LogP contribution in [0.25, 0.3) is 21.9 Å². The molecule has 0 amide bonds. The van der Waals surface area contributed by atoms with Crippen LogP contribution in [0.5, 0.6) is 5.75 Å². The van der Waals surface area contributed by atoms with Crippen molar-refractivity contribution >= 4 is 10.8 Å². The maximum absolute atomic E-state index is 15.2. The van der Waals surface area contributed by atoms with Crippen LogP contribution in [0, 0.1) is 5.82 Å². The molecule has 0 aliphatic heterocycles. The molecular weight excluding hydrogens is 337 g/mol. The third-order valence-corrected chi connectivity index (χ3v) is 4.51. The third kappa shape index (κ3) is 3.69. The highest BCUT2D eigenvalue weighted by atomic mass is 19.3. The first-order valence-electron chi connectivity index (χ1n) is 8.82. The van der Waals surface area contributed by atoms with Gasteiger partial charge in [0.2, 0.25) is 0 Å². The molecule has 26 heavy (non-hydrogen) atoms. The van der Waals surface area contributed by atoms with E-state index in [-0.39, 0.29) is 11.3 Å². The summed E-state index contributed by atoms with van der Waals surface area (Å²) in [6, 6.07) is 14.2. The minimum absolute atomic E-state index is 0.0742. The van der Waals surface area contributed by atoms with Gasteiger partial charge in [-0.25, -0.2) is 4.39 Å². The highest BCUT2D eigenvalue weighted by Gasteiger charge is 2.19. The van der Waals surface area contributed by atoms with Crippen molar-refractivity contribution in [3.63, 3.8) is 0 Å². The number of alkyl halides is 2.